The summed E-state index contributed by atoms with van der Waals surface area (Å²) in [6.45, 7) is 4.87. The van der Waals surface area contributed by atoms with Crippen LogP contribution in [0.4, 0.5) is 5.82 Å². The van der Waals surface area contributed by atoms with Crippen molar-refractivity contribution in [1.29, 1.82) is 0 Å². The molecule has 0 N–H and O–H groups in total. The molecule has 0 bridgehead atoms. The first-order valence-corrected chi connectivity index (χ1v) is 9.62. The fourth-order valence-corrected chi connectivity index (χ4v) is 3.65. The second kappa shape index (κ2) is 7.86. The fraction of sp³-hybridized carbons (Fsp3) is 0.429. The van der Waals surface area contributed by atoms with Gasteiger partial charge in [0.15, 0.2) is 5.65 Å². The summed E-state index contributed by atoms with van der Waals surface area (Å²) in [4.78, 5) is 7.08. The van der Waals surface area contributed by atoms with Crippen LogP contribution in [0.3, 0.4) is 0 Å². The average Bonchev–Trinajstić information content (AvgIpc) is 3.20. The Hall–Kier alpha value is -2.76. The SMILES string of the molecule is CCc1cc(N2CCC[C@H](COc3ccc(OC)cc3)C2)n2nccc2n1. The van der Waals surface area contributed by atoms with Gasteiger partial charge in [-0.15, -0.1) is 0 Å². The van der Waals surface area contributed by atoms with Crippen molar-refractivity contribution >= 4 is 11.5 Å². The van der Waals surface area contributed by atoms with Gasteiger partial charge in [-0.25, -0.2) is 4.98 Å². The lowest BCUT2D eigenvalue weighted by molar-refractivity contribution is 0.228. The lowest BCUT2D eigenvalue weighted by Crippen LogP contribution is -2.39. The fourth-order valence-electron chi connectivity index (χ4n) is 3.65. The molecule has 4 rings (SSSR count). The molecule has 0 spiro atoms. The smallest absolute Gasteiger partial charge is 0.157 e. The van der Waals surface area contributed by atoms with E-state index >= 15 is 0 Å². The Morgan fingerprint density at radius 3 is 2.74 bits per heavy atom. The molecule has 0 aliphatic carbocycles. The third-order valence-electron chi connectivity index (χ3n) is 5.14. The van der Waals surface area contributed by atoms with Crippen LogP contribution in [0, 0.1) is 5.92 Å². The van der Waals surface area contributed by atoms with Crippen LogP contribution in [0.1, 0.15) is 25.5 Å². The monoisotopic (exact) mass is 366 g/mol. The predicted octanol–water partition coefficient (Wildman–Crippen LogP) is 3.60. The molecule has 27 heavy (non-hydrogen) atoms. The van der Waals surface area contributed by atoms with Crippen molar-refractivity contribution in [2.24, 2.45) is 5.92 Å². The number of anilines is 1. The van der Waals surface area contributed by atoms with E-state index in [0.717, 1.165) is 61.2 Å². The Labute approximate surface area is 159 Å². The summed E-state index contributed by atoms with van der Waals surface area (Å²) in [6.07, 6.45) is 5.08. The van der Waals surface area contributed by atoms with Gasteiger partial charge in [0.25, 0.3) is 0 Å². The highest BCUT2D eigenvalue weighted by Gasteiger charge is 2.23. The van der Waals surface area contributed by atoms with E-state index < -0.39 is 0 Å². The maximum Gasteiger partial charge on any atom is 0.157 e. The number of fused-ring (bicyclic) bond motifs is 1. The number of piperidine rings is 1. The van der Waals surface area contributed by atoms with Crippen LogP contribution in [0.5, 0.6) is 11.5 Å². The standard InChI is InChI=1S/C21H26N4O2/c1-3-17-13-21(25-20(23-17)10-11-22-25)24-12-4-5-16(14-24)15-27-19-8-6-18(26-2)7-9-19/h6-11,13,16H,3-5,12,14-15H2,1-2H3/t16-/m0/s1. The zero-order valence-corrected chi connectivity index (χ0v) is 16.0. The van der Waals surface area contributed by atoms with E-state index in [2.05, 4.69) is 28.0 Å². The molecule has 0 radical (unpaired) electrons. The van der Waals surface area contributed by atoms with Crippen molar-refractivity contribution in [3.8, 4) is 11.5 Å². The first kappa shape index (κ1) is 17.6. The van der Waals surface area contributed by atoms with Crippen molar-refractivity contribution in [2.45, 2.75) is 26.2 Å². The molecule has 6 heteroatoms. The molecule has 0 saturated carbocycles. The summed E-state index contributed by atoms with van der Waals surface area (Å²) in [5, 5.41) is 4.47. The van der Waals surface area contributed by atoms with E-state index in [1.807, 2.05) is 41.0 Å². The normalized spacial score (nSPS) is 17.3. The number of nitrogens with zero attached hydrogens (tertiary/aromatic N) is 4. The van der Waals surface area contributed by atoms with Gasteiger partial charge in [0.1, 0.15) is 17.3 Å². The zero-order chi connectivity index (χ0) is 18.6. The van der Waals surface area contributed by atoms with Crippen LogP contribution in [-0.2, 0) is 6.42 Å². The minimum Gasteiger partial charge on any atom is -0.497 e. The molecule has 142 valence electrons. The number of rotatable bonds is 6. The molecule has 2 aromatic heterocycles. The topological polar surface area (TPSA) is 51.9 Å². The van der Waals surface area contributed by atoms with Gasteiger partial charge in [-0.2, -0.15) is 9.61 Å². The number of aromatic nitrogens is 3. The quantitative estimate of drug-likeness (QED) is 0.667. The highest BCUT2D eigenvalue weighted by atomic mass is 16.5. The molecule has 6 nitrogen and oxygen atoms in total. The molecule has 1 aromatic carbocycles. The number of ether oxygens (including phenoxy) is 2. The van der Waals surface area contributed by atoms with Crippen molar-refractivity contribution in [1.82, 2.24) is 14.6 Å². The van der Waals surface area contributed by atoms with Gasteiger partial charge < -0.3 is 14.4 Å². The number of hydrogen-bond donors (Lipinski definition) is 0. The van der Waals surface area contributed by atoms with Gasteiger partial charge in [-0.1, -0.05) is 6.92 Å². The molecule has 1 atom stereocenters. The summed E-state index contributed by atoms with van der Waals surface area (Å²) >= 11 is 0. The molecule has 0 unspecified atom stereocenters. The Kier molecular flexibility index (Phi) is 5.14. The molecule has 1 aliphatic heterocycles. The van der Waals surface area contributed by atoms with Gasteiger partial charge in [0.2, 0.25) is 0 Å². The molecule has 1 fully saturated rings. The third-order valence-corrected chi connectivity index (χ3v) is 5.14. The van der Waals surface area contributed by atoms with Crippen molar-refractivity contribution < 1.29 is 9.47 Å². The maximum atomic E-state index is 6.03. The molecule has 1 saturated heterocycles. The number of aryl methyl sites for hydroxylation is 1. The Morgan fingerprint density at radius 1 is 1.15 bits per heavy atom. The minimum atomic E-state index is 0.490. The second-order valence-corrected chi connectivity index (χ2v) is 7.00. The molecular formula is C21H26N4O2. The largest absolute Gasteiger partial charge is 0.497 e. The Bertz CT molecular complexity index is 891. The number of methoxy groups -OCH3 is 1. The Balaban J connectivity index is 1.45. The van der Waals surface area contributed by atoms with Crippen molar-refractivity contribution in [3.63, 3.8) is 0 Å². The maximum absolute atomic E-state index is 6.03. The van der Waals surface area contributed by atoms with Crippen molar-refractivity contribution in [2.75, 3.05) is 31.7 Å². The van der Waals surface area contributed by atoms with Crippen LogP contribution < -0.4 is 14.4 Å². The van der Waals surface area contributed by atoms with E-state index in [9.17, 15) is 0 Å². The van der Waals surface area contributed by atoms with Crippen LogP contribution in [0.25, 0.3) is 5.65 Å². The summed E-state index contributed by atoms with van der Waals surface area (Å²) < 4.78 is 13.2. The van der Waals surface area contributed by atoms with E-state index in [4.69, 9.17) is 9.47 Å². The summed E-state index contributed by atoms with van der Waals surface area (Å²) in [5.74, 6) is 3.36. The predicted molar refractivity (Wildman–Crippen MR) is 106 cm³/mol. The van der Waals surface area contributed by atoms with E-state index in [1.54, 1.807) is 7.11 Å². The van der Waals surface area contributed by atoms with Crippen LogP contribution in [-0.4, -0.2) is 41.4 Å². The number of hydrogen-bond acceptors (Lipinski definition) is 5. The first-order valence-electron chi connectivity index (χ1n) is 9.62. The van der Waals surface area contributed by atoms with E-state index in [-0.39, 0.29) is 0 Å². The average molecular weight is 366 g/mol. The van der Waals surface area contributed by atoms with Gasteiger partial charge in [-0.05, 0) is 43.5 Å². The van der Waals surface area contributed by atoms with Crippen LogP contribution in [0.15, 0.2) is 42.6 Å². The van der Waals surface area contributed by atoms with E-state index in [1.165, 1.54) is 6.42 Å². The molecule has 3 heterocycles. The van der Waals surface area contributed by atoms with Crippen LogP contribution in [0.2, 0.25) is 0 Å². The Morgan fingerprint density at radius 2 is 1.96 bits per heavy atom. The first-order chi connectivity index (χ1) is 13.3. The molecule has 1 aliphatic rings. The second-order valence-electron chi connectivity index (χ2n) is 7.00. The highest BCUT2D eigenvalue weighted by Crippen LogP contribution is 2.25. The third kappa shape index (κ3) is 3.84. The lowest BCUT2D eigenvalue weighted by atomic mass is 9.99. The van der Waals surface area contributed by atoms with Gasteiger partial charge in [0, 0.05) is 36.8 Å². The summed E-state index contributed by atoms with van der Waals surface area (Å²) in [7, 11) is 1.67. The molecule has 3 aromatic rings. The molecular weight excluding hydrogens is 340 g/mol. The van der Waals surface area contributed by atoms with Gasteiger partial charge in [0.05, 0.1) is 19.9 Å². The van der Waals surface area contributed by atoms with Gasteiger partial charge >= 0.3 is 0 Å². The lowest BCUT2D eigenvalue weighted by Gasteiger charge is -2.34. The minimum absolute atomic E-state index is 0.490. The number of benzene rings is 1. The summed E-state index contributed by atoms with van der Waals surface area (Å²) in [6, 6.07) is 11.9. The highest BCUT2D eigenvalue weighted by molar-refractivity contribution is 5.51. The zero-order valence-electron chi connectivity index (χ0n) is 16.0. The van der Waals surface area contributed by atoms with Crippen LogP contribution >= 0.6 is 0 Å². The summed E-state index contributed by atoms with van der Waals surface area (Å²) in [5.41, 5.74) is 2.02. The van der Waals surface area contributed by atoms with E-state index in [0.29, 0.717) is 5.92 Å². The molecule has 0 amide bonds. The van der Waals surface area contributed by atoms with Crippen molar-refractivity contribution in [3.05, 3.63) is 48.3 Å². The van der Waals surface area contributed by atoms with Gasteiger partial charge in [-0.3, -0.25) is 0 Å².